The monoisotopic (exact) mass is 248 g/mol. The van der Waals surface area contributed by atoms with Crippen LogP contribution in [0.3, 0.4) is 0 Å². The van der Waals surface area contributed by atoms with E-state index in [0.717, 1.165) is 12.8 Å². The van der Waals surface area contributed by atoms with E-state index in [1.54, 1.807) is 6.07 Å². The lowest BCUT2D eigenvalue weighted by molar-refractivity contribution is -0.387. The van der Waals surface area contributed by atoms with Gasteiger partial charge in [-0.1, -0.05) is 6.07 Å². The lowest BCUT2D eigenvalue weighted by atomic mass is 9.92. The molecule has 0 saturated carbocycles. The van der Waals surface area contributed by atoms with Gasteiger partial charge in [-0.2, -0.15) is 0 Å². The molecular weight excluding hydrogens is 236 g/mol. The lowest BCUT2D eigenvalue weighted by Gasteiger charge is -2.37. The molecule has 0 radical (unpaired) electrons. The van der Waals surface area contributed by atoms with Crippen LogP contribution in [0.2, 0.25) is 0 Å². The largest absolute Gasteiger partial charge is 0.366 e. The predicted molar refractivity (Wildman–Crippen MR) is 61.9 cm³/mol. The van der Waals surface area contributed by atoms with Crippen LogP contribution in [0.15, 0.2) is 18.2 Å². The zero-order valence-electron chi connectivity index (χ0n) is 9.63. The molecule has 1 fully saturated rings. The van der Waals surface area contributed by atoms with Gasteiger partial charge >= 0.3 is 0 Å². The van der Waals surface area contributed by atoms with Crippen molar-refractivity contribution in [1.29, 1.82) is 0 Å². The van der Waals surface area contributed by atoms with E-state index in [2.05, 4.69) is 0 Å². The summed E-state index contributed by atoms with van der Waals surface area (Å²) >= 11 is 0. The fraction of sp³-hybridized carbons (Fsp3) is 0.417. The Morgan fingerprint density at radius 2 is 2.17 bits per heavy atom. The number of piperidine rings is 1. The second kappa shape index (κ2) is 3.52. The van der Waals surface area contributed by atoms with E-state index in [9.17, 15) is 20.0 Å². The molecule has 1 atom stereocenters. The standard InChI is InChI=1S/C12H12N2O4/c15-11-8-4-3-5-9(14(17)18)10(8)12(16)6-1-2-7-13(11)12/h3-5,16H,1-2,6-7H2. The Balaban J connectivity index is 2.27. The summed E-state index contributed by atoms with van der Waals surface area (Å²) in [5.74, 6) is -0.309. The number of rotatable bonds is 1. The van der Waals surface area contributed by atoms with Crippen LogP contribution in [-0.4, -0.2) is 27.4 Å². The third-order valence-corrected chi connectivity index (χ3v) is 3.72. The van der Waals surface area contributed by atoms with Crippen molar-refractivity contribution in [2.45, 2.75) is 25.0 Å². The normalized spacial score (nSPS) is 25.8. The molecule has 1 N–H and O–H groups in total. The summed E-state index contributed by atoms with van der Waals surface area (Å²) in [4.78, 5) is 24.0. The number of nitrogens with zero attached hydrogens (tertiary/aromatic N) is 2. The van der Waals surface area contributed by atoms with Crippen LogP contribution in [-0.2, 0) is 5.72 Å². The summed E-state index contributed by atoms with van der Waals surface area (Å²) in [6, 6.07) is 4.36. The maximum absolute atomic E-state index is 12.2. The van der Waals surface area contributed by atoms with Gasteiger partial charge in [-0.25, -0.2) is 0 Å². The van der Waals surface area contributed by atoms with Crippen molar-refractivity contribution in [2.24, 2.45) is 0 Å². The highest BCUT2D eigenvalue weighted by Crippen LogP contribution is 2.47. The summed E-state index contributed by atoms with van der Waals surface area (Å²) in [7, 11) is 0. The van der Waals surface area contributed by atoms with E-state index in [1.165, 1.54) is 17.0 Å². The number of fused-ring (bicyclic) bond motifs is 3. The molecule has 0 spiro atoms. The molecule has 6 nitrogen and oxygen atoms in total. The number of hydrogen-bond acceptors (Lipinski definition) is 4. The number of nitro benzene ring substituents is 1. The first-order chi connectivity index (χ1) is 8.55. The van der Waals surface area contributed by atoms with Crippen molar-refractivity contribution < 1.29 is 14.8 Å². The van der Waals surface area contributed by atoms with Crippen LogP contribution in [0.1, 0.15) is 35.2 Å². The molecular formula is C12H12N2O4. The molecule has 0 bridgehead atoms. The van der Waals surface area contributed by atoms with E-state index < -0.39 is 10.6 Å². The number of nitro groups is 1. The van der Waals surface area contributed by atoms with Gasteiger partial charge in [-0.15, -0.1) is 0 Å². The molecule has 3 rings (SSSR count). The Morgan fingerprint density at radius 3 is 2.89 bits per heavy atom. The summed E-state index contributed by atoms with van der Waals surface area (Å²) in [5.41, 5.74) is -1.24. The zero-order chi connectivity index (χ0) is 12.9. The van der Waals surface area contributed by atoms with Gasteiger partial charge in [0, 0.05) is 19.0 Å². The maximum Gasteiger partial charge on any atom is 0.278 e. The summed E-state index contributed by atoms with van der Waals surface area (Å²) in [6.45, 7) is 0.446. The Bertz CT molecular complexity index is 557. The molecule has 1 amide bonds. The molecule has 2 heterocycles. The quantitative estimate of drug-likeness (QED) is 0.601. The van der Waals surface area contributed by atoms with Crippen LogP contribution < -0.4 is 0 Å². The van der Waals surface area contributed by atoms with Crippen LogP contribution in [0.25, 0.3) is 0 Å². The molecule has 1 saturated heterocycles. The molecule has 1 aromatic rings. The van der Waals surface area contributed by atoms with Crippen molar-refractivity contribution in [3.63, 3.8) is 0 Å². The number of hydrogen-bond donors (Lipinski definition) is 1. The second-order valence-corrected chi connectivity index (χ2v) is 4.69. The molecule has 2 aliphatic heterocycles. The number of carbonyl (C=O) groups excluding carboxylic acids is 1. The highest BCUT2D eigenvalue weighted by Gasteiger charge is 2.53. The summed E-state index contributed by atoms with van der Waals surface area (Å²) < 4.78 is 0. The molecule has 1 aromatic carbocycles. The Kier molecular flexibility index (Phi) is 2.18. The Hall–Kier alpha value is -1.95. The minimum absolute atomic E-state index is 0.166. The average molecular weight is 248 g/mol. The summed E-state index contributed by atoms with van der Waals surface area (Å²) in [5, 5.41) is 21.7. The van der Waals surface area contributed by atoms with E-state index in [1.807, 2.05) is 0 Å². The molecule has 0 aromatic heterocycles. The van der Waals surface area contributed by atoms with Gasteiger partial charge in [0.05, 0.1) is 16.1 Å². The minimum atomic E-state index is -1.49. The van der Waals surface area contributed by atoms with Gasteiger partial charge in [-0.05, 0) is 18.9 Å². The Morgan fingerprint density at radius 1 is 1.39 bits per heavy atom. The molecule has 94 valence electrons. The zero-order valence-corrected chi connectivity index (χ0v) is 9.63. The van der Waals surface area contributed by atoms with E-state index >= 15 is 0 Å². The number of carbonyl (C=O) groups is 1. The number of aliphatic hydroxyl groups is 1. The van der Waals surface area contributed by atoms with Gasteiger partial charge in [0.25, 0.3) is 11.6 Å². The van der Waals surface area contributed by atoms with Crippen LogP contribution in [0.4, 0.5) is 5.69 Å². The van der Waals surface area contributed by atoms with Crippen LogP contribution in [0, 0.1) is 10.1 Å². The van der Waals surface area contributed by atoms with Gasteiger partial charge in [0.15, 0.2) is 5.72 Å². The fourth-order valence-electron chi connectivity index (χ4n) is 2.93. The van der Waals surface area contributed by atoms with Crippen molar-refractivity contribution in [3.05, 3.63) is 39.4 Å². The van der Waals surface area contributed by atoms with E-state index in [-0.39, 0.29) is 22.7 Å². The first kappa shape index (κ1) is 11.2. The Labute approximate surface area is 103 Å². The first-order valence-electron chi connectivity index (χ1n) is 5.88. The molecule has 18 heavy (non-hydrogen) atoms. The third kappa shape index (κ3) is 1.23. The minimum Gasteiger partial charge on any atom is -0.366 e. The maximum atomic E-state index is 12.2. The number of benzene rings is 1. The SMILES string of the molecule is O=C1c2cccc([N+](=O)[O-])c2C2(O)CCCCN12. The van der Waals surface area contributed by atoms with Crippen molar-refractivity contribution in [1.82, 2.24) is 4.90 Å². The summed E-state index contributed by atoms with van der Waals surface area (Å²) in [6.07, 6.45) is 1.93. The molecule has 2 aliphatic rings. The van der Waals surface area contributed by atoms with E-state index in [4.69, 9.17) is 0 Å². The fourth-order valence-corrected chi connectivity index (χ4v) is 2.93. The highest BCUT2D eigenvalue weighted by atomic mass is 16.6. The molecule has 6 heteroatoms. The van der Waals surface area contributed by atoms with Crippen LogP contribution >= 0.6 is 0 Å². The van der Waals surface area contributed by atoms with E-state index in [0.29, 0.717) is 13.0 Å². The molecule has 0 aliphatic carbocycles. The lowest BCUT2D eigenvalue weighted by Crippen LogP contribution is -2.47. The van der Waals surface area contributed by atoms with Gasteiger partial charge < -0.3 is 10.0 Å². The highest BCUT2D eigenvalue weighted by molar-refractivity contribution is 6.01. The smallest absolute Gasteiger partial charge is 0.278 e. The van der Waals surface area contributed by atoms with Crippen molar-refractivity contribution in [2.75, 3.05) is 6.54 Å². The first-order valence-corrected chi connectivity index (χ1v) is 5.88. The predicted octanol–water partition coefficient (Wildman–Crippen LogP) is 1.38. The van der Waals surface area contributed by atoms with Gasteiger partial charge in [0.1, 0.15) is 0 Å². The molecule has 1 unspecified atom stereocenters. The van der Waals surface area contributed by atoms with Crippen LogP contribution in [0.5, 0.6) is 0 Å². The third-order valence-electron chi connectivity index (χ3n) is 3.72. The van der Waals surface area contributed by atoms with Crippen molar-refractivity contribution >= 4 is 11.6 Å². The number of amides is 1. The second-order valence-electron chi connectivity index (χ2n) is 4.69. The van der Waals surface area contributed by atoms with Gasteiger partial charge in [-0.3, -0.25) is 14.9 Å². The van der Waals surface area contributed by atoms with Crippen molar-refractivity contribution in [3.8, 4) is 0 Å². The average Bonchev–Trinajstić information content (AvgIpc) is 2.59. The van der Waals surface area contributed by atoms with Gasteiger partial charge in [0.2, 0.25) is 0 Å². The topological polar surface area (TPSA) is 83.7 Å².